The van der Waals surface area contributed by atoms with Crippen molar-refractivity contribution in [1.82, 2.24) is 25.1 Å². The van der Waals surface area contributed by atoms with E-state index in [1.807, 2.05) is 5.32 Å². The van der Waals surface area contributed by atoms with Crippen molar-refractivity contribution in [1.29, 1.82) is 0 Å². The second kappa shape index (κ2) is 6.71. The van der Waals surface area contributed by atoms with Crippen LogP contribution in [0.4, 0.5) is 13.2 Å². The highest BCUT2D eigenvalue weighted by molar-refractivity contribution is 5.94. The van der Waals surface area contributed by atoms with Crippen molar-refractivity contribution >= 4 is 5.91 Å². The molecule has 0 saturated heterocycles. The molecular formula is C16H12F3N5O. The maximum absolute atomic E-state index is 13.3. The van der Waals surface area contributed by atoms with Crippen LogP contribution in [-0.4, -0.2) is 31.8 Å². The number of hydrogen-bond acceptors (Lipinski definition) is 4. The van der Waals surface area contributed by atoms with Gasteiger partial charge in [0.15, 0.2) is 6.04 Å². The highest BCUT2D eigenvalue weighted by Gasteiger charge is 2.42. The molecule has 25 heavy (non-hydrogen) atoms. The first-order valence-corrected chi connectivity index (χ1v) is 7.19. The van der Waals surface area contributed by atoms with Crippen molar-refractivity contribution in [3.05, 3.63) is 72.6 Å². The summed E-state index contributed by atoms with van der Waals surface area (Å²) in [5.41, 5.74) is 0.505. The molecule has 0 aliphatic heterocycles. The summed E-state index contributed by atoms with van der Waals surface area (Å²) in [7, 11) is 0. The molecule has 0 fully saturated rings. The third-order valence-electron chi connectivity index (χ3n) is 3.43. The van der Waals surface area contributed by atoms with Crippen molar-refractivity contribution in [2.45, 2.75) is 12.2 Å². The molecule has 0 aliphatic rings. The molecule has 0 radical (unpaired) electrons. The Labute approximate surface area is 140 Å². The summed E-state index contributed by atoms with van der Waals surface area (Å²) in [5.74, 6) is -0.844. The predicted molar refractivity (Wildman–Crippen MR) is 81.9 cm³/mol. The summed E-state index contributed by atoms with van der Waals surface area (Å²) < 4.78 is 41.4. The highest BCUT2D eigenvalue weighted by atomic mass is 19.4. The number of alkyl halides is 3. The van der Waals surface area contributed by atoms with E-state index in [4.69, 9.17) is 0 Å². The molecule has 1 N–H and O–H groups in total. The van der Waals surface area contributed by atoms with Crippen molar-refractivity contribution in [3.8, 4) is 5.69 Å². The zero-order valence-electron chi connectivity index (χ0n) is 12.7. The number of hydrogen-bond donors (Lipinski definition) is 1. The average molecular weight is 347 g/mol. The number of halogens is 3. The summed E-state index contributed by atoms with van der Waals surface area (Å²) in [5, 5.41) is 9.30. The predicted octanol–water partition coefficient (Wildman–Crippen LogP) is 2.70. The first-order valence-electron chi connectivity index (χ1n) is 7.19. The van der Waals surface area contributed by atoms with Gasteiger partial charge in [-0.05, 0) is 36.4 Å². The van der Waals surface area contributed by atoms with Gasteiger partial charge in [-0.2, -0.15) is 13.2 Å². The van der Waals surface area contributed by atoms with Crippen LogP contribution in [0.2, 0.25) is 0 Å². The van der Waals surface area contributed by atoms with E-state index in [0.717, 1.165) is 0 Å². The molecule has 0 spiro atoms. The fraction of sp³-hybridized carbons (Fsp3) is 0.125. The summed E-state index contributed by atoms with van der Waals surface area (Å²) in [6.45, 7) is 0. The molecule has 1 amide bonds. The molecule has 0 unspecified atom stereocenters. The van der Waals surface area contributed by atoms with Gasteiger partial charge in [-0.25, -0.2) is 0 Å². The second-order valence-corrected chi connectivity index (χ2v) is 5.12. The molecule has 1 atom stereocenters. The van der Waals surface area contributed by atoms with Crippen LogP contribution < -0.4 is 5.32 Å². The molecule has 0 bridgehead atoms. The lowest BCUT2D eigenvalue weighted by Gasteiger charge is -2.21. The molecule has 2 aromatic heterocycles. The van der Waals surface area contributed by atoms with Gasteiger partial charge in [-0.3, -0.25) is 14.3 Å². The van der Waals surface area contributed by atoms with Gasteiger partial charge >= 0.3 is 6.18 Å². The molecule has 6 nitrogen and oxygen atoms in total. The molecule has 9 heteroatoms. The van der Waals surface area contributed by atoms with Crippen LogP contribution in [0.3, 0.4) is 0 Å². The Morgan fingerprint density at radius 3 is 2.28 bits per heavy atom. The Morgan fingerprint density at radius 1 is 1.04 bits per heavy atom. The smallest absolute Gasteiger partial charge is 0.335 e. The number of carbonyl (C=O) groups is 1. The van der Waals surface area contributed by atoms with Crippen molar-refractivity contribution in [2.75, 3.05) is 0 Å². The largest absolute Gasteiger partial charge is 0.414 e. The zero-order valence-corrected chi connectivity index (χ0v) is 12.7. The van der Waals surface area contributed by atoms with Crippen molar-refractivity contribution in [3.63, 3.8) is 0 Å². The van der Waals surface area contributed by atoms with E-state index >= 15 is 0 Å². The molecule has 0 aliphatic carbocycles. The minimum Gasteiger partial charge on any atom is -0.335 e. The van der Waals surface area contributed by atoms with Crippen LogP contribution in [0.15, 0.2) is 61.3 Å². The quantitative estimate of drug-likeness (QED) is 0.788. The van der Waals surface area contributed by atoms with Crippen LogP contribution in [0.25, 0.3) is 5.69 Å². The number of rotatable bonds is 4. The fourth-order valence-electron chi connectivity index (χ4n) is 2.20. The van der Waals surface area contributed by atoms with Gasteiger partial charge in [0.05, 0.1) is 5.69 Å². The fourth-order valence-corrected chi connectivity index (χ4v) is 2.20. The third-order valence-corrected chi connectivity index (χ3v) is 3.43. The van der Waals surface area contributed by atoms with Gasteiger partial charge in [0, 0.05) is 17.4 Å². The van der Waals surface area contributed by atoms with Crippen LogP contribution in [-0.2, 0) is 0 Å². The van der Waals surface area contributed by atoms with E-state index in [1.165, 1.54) is 49.2 Å². The van der Waals surface area contributed by atoms with E-state index < -0.39 is 18.1 Å². The first kappa shape index (κ1) is 16.6. The number of nitrogens with zero attached hydrogens (tertiary/aromatic N) is 4. The SMILES string of the molecule is O=C(N[C@@H](c1ccccn1)C(F)(F)F)c1ccc(-n2cnnc2)cc1. The maximum Gasteiger partial charge on any atom is 0.414 e. The van der Waals surface area contributed by atoms with Crippen molar-refractivity contribution < 1.29 is 18.0 Å². The Kier molecular flexibility index (Phi) is 4.46. The van der Waals surface area contributed by atoms with Gasteiger partial charge in [0.2, 0.25) is 0 Å². The molecular weight excluding hydrogens is 335 g/mol. The maximum atomic E-state index is 13.3. The normalized spacial score (nSPS) is 12.6. The molecule has 1 aromatic carbocycles. The number of benzene rings is 1. The topological polar surface area (TPSA) is 72.7 Å². The third kappa shape index (κ3) is 3.82. The van der Waals surface area contributed by atoms with Gasteiger partial charge in [0.25, 0.3) is 5.91 Å². The van der Waals surface area contributed by atoms with Crippen molar-refractivity contribution in [2.24, 2.45) is 0 Å². The van der Waals surface area contributed by atoms with Gasteiger partial charge in [0.1, 0.15) is 12.7 Å². The van der Waals surface area contributed by atoms with Gasteiger partial charge in [-0.15, -0.1) is 10.2 Å². The molecule has 0 saturated carbocycles. The Hall–Kier alpha value is -3.23. The standard InChI is InChI=1S/C16H12F3N5O/c17-16(18,19)14(13-3-1-2-8-20-13)23-15(25)11-4-6-12(7-5-11)24-9-21-22-10-24/h1-10,14H,(H,23,25)/t14-/m0/s1. The van der Waals surface area contributed by atoms with E-state index in [0.29, 0.717) is 5.69 Å². The Morgan fingerprint density at radius 2 is 1.72 bits per heavy atom. The monoisotopic (exact) mass is 347 g/mol. The van der Waals surface area contributed by atoms with Crippen LogP contribution in [0.5, 0.6) is 0 Å². The van der Waals surface area contributed by atoms with Gasteiger partial charge < -0.3 is 5.32 Å². The molecule has 2 heterocycles. The zero-order chi connectivity index (χ0) is 17.9. The lowest BCUT2D eigenvalue weighted by Crippen LogP contribution is -2.38. The minimum absolute atomic E-state index is 0.0991. The number of carbonyl (C=O) groups excluding carboxylic acids is 1. The number of amides is 1. The lowest BCUT2D eigenvalue weighted by molar-refractivity contribution is -0.156. The lowest BCUT2D eigenvalue weighted by atomic mass is 10.1. The first-order chi connectivity index (χ1) is 11.9. The summed E-state index contributed by atoms with van der Waals surface area (Å²) in [6.07, 6.45) is -0.480. The Bertz CT molecular complexity index is 832. The van der Waals surface area contributed by atoms with E-state index in [9.17, 15) is 18.0 Å². The molecule has 3 rings (SSSR count). The van der Waals surface area contributed by atoms with Crippen LogP contribution in [0.1, 0.15) is 22.1 Å². The van der Waals surface area contributed by atoms with Crippen LogP contribution in [0, 0.1) is 0 Å². The highest BCUT2D eigenvalue weighted by Crippen LogP contribution is 2.31. The minimum atomic E-state index is -4.66. The van der Waals surface area contributed by atoms with Gasteiger partial charge in [-0.1, -0.05) is 6.07 Å². The number of aromatic nitrogens is 4. The molecule has 128 valence electrons. The number of pyridine rings is 1. The summed E-state index contributed by atoms with van der Waals surface area (Å²) >= 11 is 0. The second-order valence-electron chi connectivity index (χ2n) is 5.12. The molecule has 3 aromatic rings. The number of nitrogens with one attached hydrogen (secondary N) is 1. The van der Waals surface area contributed by atoms with Crippen LogP contribution >= 0.6 is 0 Å². The summed E-state index contributed by atoms with van der Waals surface area (Å²) in [6, 6.07) is 7.99. The summed E-state index contributed by atoms with van der Waals surface area (Å²) in [4.78, 5) is 15.9. The average Bonchev–Trinajstić information content (AvgIpc) is 3.14. The Balaban J connectivity index is 1.80. The van der Waals surface area contributed by atoms with E-state index in [1.54, 1.807) is 16.7 Å². The van der Waals surface area contributed by atoms with E-state index in [2.05, 4.69) is 15.2 Å². The van der Waals surface area contributed by atoms with E-state index in [-0.39, 0.29) is 11.3 Å².